The molecular weight excluding hydrogens is 476 g/mol. The van der Waals surface area contributed by atoms with Crippen LogP contribution in [0.15, 0.2) is 0 Å². The van der Waals surface area contributed by atoms with Crippen molar-refractivity contribution in [3.05, 3.63) is 0 Å². The van der Waals surface area contributed by atoms with Crippen molar-refractivity contribution >= 4 is 47.6 Å². The number of piperazine rings is 1. The Morgan fingerprint density at radius 1 is 0.971 bits per heavy atom. The van der Waals surface area contributed by atoms with Crippen molar-refractivity contribution in [1.82, 2.24) is 20.4 Å². The first-order valence-corrected chi connectivity index (χ1v) is 12.9. The van der Waals surface area contributed by atoms with Crippen LogP contribution in [0.2, 0.25) is 0 Å². The van der Waals surface area contributed by atoms with Gasteiger partial charge in [0.05, 0.1) is 0 Å². The van der Waals surface area contributed by atoms with E-state index in [1.54, 1.807) is 9.80 Å². The number of carboxylic acid groups (broad SMARTS) is 1. The van der Waals surface area contributed by atoms with Crippen LogP contribution in [0.5, 0.6) is 0 Å². The average Bonchev–Trinajstić information content (AvgIpc) is 2.80. The molecule has 1 atom stereocenters. The van der Waals surface area contributed by atoms with Gasteiger partial charge in [0, 0.05) is 63.4 Å². The number of aliphatic carboxylic acids is 1. The van der Waals surface area contributed by atoms with E-state index >= 15 is 0 Å². The van der Waals surface area contributed by atoms with Crippen LogP contribution in [0.1, 0.15) is 52.9 Å². The number of rotatable bonds is 14. The molecule has 35 heavy (non-hydrogen) atoms. The number of hydrogen-bond acceptors (Lipinski definition) is 7. The number of carboxylic acids is 1. The van der Waals surface area contributed by atoms with Crippen molar-refractivity contribution in [3.63, 3.8) is 0 Å². The fourth-order valence-corrected chi connectivity index (χ4v) is 4.25. The van der Waals surface area contributed by atoms with E-state index in [1.165, 1.54) is 11.8 Å². The highest BCUT2D eigenvalue weighted by Gasteiger charge is 2.25. The maximum Gasteiger partial charge on any atom is 0.322 e. The van der Waals surface area contributed by atoms with Gasteiger partial charge < -0.3 is 30.3 Å². The van der Waals surface area contributed by atoms with Gasteiger partial charge in [-0.25, -0.2) is 0 Å². The highest BCUT2D eigenvalue weighted by Crippen LogP contribution is 2.21. The van der Waals surface area contributed by atoms with Gasteiger partial charge in [0.2, 0.25) is 23.6 Å². The van der Waals surface area contributed by atoms with E-state index in [0.717, 1.165) is 6.42 Å². The number of nitrogens with one attached hydrogen (secondary N) is 2. The Labute approximate surface area is 210 Å². The molecule has 12 heteroatoms. The quantitative estimate of drug-likeness (QED) is 0.221. The molecule has 0 aromatic heterocycles. The molecule has 0 aromatic rings. The van der Waals surface area contributed by atoms with Crippen LogP contribution in [-0.2, 0) is 28.8 Å². The van der Waals surface area contributed by atoms with E-state index in [2.05, 4.69) is 31.4 Å². The Morgan fingerprint density at radius 3 is 2.06 bits per heavy atom. The molecule has 0 saturated carbocycles. The monoisotopic (exact) mass is 514 g/mol. The summed E-state index contributed by atoms with van der Waals surface area (Å²) in [5, 5.41) is 13.5. The first kappa shape index (κ1) is 30.4. The lowest BCUT2D eigenvalue weighted by molar-refractivity contribution is -0.139. The molecule has 3 N–H and O–H groups in total. The number of aldehydes is 1. The van der Waals surface area contributed by atoms with Gasteiger partial charge in [-0.05, 0) is 11.8 Å². The molecule has 1 unspecified atom stereocenters. The van der Waals surface area contributed by atoms with Crippen LogP contribution >= 0.6 is 11.8 Å². The third-order valence-electron chi connectivity index (χ3n) is 5.37. The summed E-state index contributed by atoms with van der Waals surface area (Å²) in [7, 11) is 0. The second-order valence-electron chi connectivity index (χ2n) is 9.58. The van der Waals surface area contributed by atoms with E-state index < -0.39 is 30.4 Å². The normalized spacial score (nSPS) is 14.7. The van der Waals surface area contributed by atoms with Crippen molar-refractivity contribution in [3.8, 4) is 0 Å². The largest absolute Gasteiger partial charge is 0.480 e. The first-order chi connectivity index (χ1) is 16.4. The lowest BCUT2D eigenvalue weighted by Gasteiger charge is -2.35. The standard InChI is InChI=1S/C23H38N4O7S/c1-23(2,3)8-6-19(30)26-9-11-27(12-10-26)20(31)7-14-35-16-17(22(34)24-15-21(32)33)25-18(29)5-4-13-28/h13,17H,4-12,14-16H2,1-3H3,(H,24,34)(H,25,29)(H,32,33). The molecule has 0 aromatic carbocycles. The number of carbonyl (C=O) groups excluding carboxylic acids is 5. The lowest BCUT2D eigenvalue weighted by Crippen LogP contribution is -2.50. The van der Waals surface area contributed by atoms with Crippen LogP contribution in [0.4, 0.5) is 0 Å². The Balaban J connectivity index is 2.42. The minimum atomic E-state index is -1.21. The van der Waals surface area contributed by atoms with Crippen LogP contribution in [0, 0.1) is 5.41 Å². The van der Waals surface area contributed by atoms with E-state index in [0.29, 0.717) is 44.6 Å². The van der Waals surface area contributed by atoms with Gasteiger partial charge in [0.1, 0.15) is 18.9 Å². The van der Waals surface area contributed by atoms with Crippen molar-refractivity contribution in [2.24, 2.45) is 5.41 Å². The van der Waals surface area contributed by atoms with Crippen molar-refractivity contribution in [1.29, 1.82) is 0 Å². The number of amides is 4. The number of carbonyl (C=O) groups is 6. The summed E-state index contributed by atoms with van der Waals surface area (Å²) < 4.78 is 0. The Bertz CT molecular complexity index is 761. The van der Waals surface area contributed by atoms with Crippen LogP contribution in [0.3, 0.4) is 0 Å². The molecule has 1 fully saturated rings. The molecular formula is C23H38N4O7S. The van der Waals surface area contributed by atoms with Gasteiger partial charge in [-0.2, -0.15) is 11.8 Å². The van der Waals surface area contributed by atoms with Gasteiger partial charge >= 0.3 is 5.97 Å². The predicted molar refractivity (Wildman–Crippen MR) is 132 cm³/mol. The molecule has 1 aliphatic rings. The third kappa shape index (κ3) is 13.1. The van der Waals surface area contributed by atoms with Gasteiger partial charge in [-0.1, -0.05) is 20.8 Å². The Kier molecular flexibility index (Phi) is 13.4. The van der Waals surface area contributed by atoms with Gasteiger partial charge in [-0.15, -0.1) is 0 Å². The summed E-state index contributed by atoms with van der Waals surface area (Å²) >= 11 is 1.29. The highest BCUT2D eigenvalue weighted by molar-refractivity contribution is 7.99. The molecule has 0 aliphatic carbocycles. The third-order valence-corrected chi connectivity index (χ3v) is 6.44. The van der Waals surface area contributed by atoms with Crippen molar-refractivity contribution in [2.45, 2.75) is 58.9 Å². The van der Waals surface area contributed by atoms with Crippen LogP contribution in [0.25, 0.3) is 0 Å². The lowest BCUT2D eigenvalue weighted by atomic mass is 9.90. The summed E-state index contributed by atoms with van der Waals surface area (Å²) in [6.07, 6.45) is 2.11. The molecule has 11 nitrogen and oxygen atoms in total. The SMILES string of the molecule is CC(C)(C)CCC(=O)N1CCN(C(=O)CCSCC(NC(=O)CCC=O)C(=O)NCC(=O)O)CC1. The summed E-state index contributed by atoms with van der Waals surface area (Å²) in [6.45, 7) is 7.72. The predicted octanol–water partition coefficient (Wildman–Crippen LogP) is 0.272. The summed E-state index contributed by atoms with van der Waals surface area (Å²) in [6, 6.07) is -0.976. The maximum atomic E-state index is 12.5. The summed E-state index contributed by atoms with van der Waals surface area (Å²) in [5.41, 5.74) is 0.0966. The zero-order valence-corrected chi connectivity index (χ0v) is 21.7. The van der Waals surface area contributed by atoms with Gasteiger partial charge in [0.15, 0.2) is 0 Å². The van der Waals surface area contributed by atoms with E-state index in [9.17, 15) is 28.8 Å². The summed E-state index contributed by atoms with van der Waals surface area (Å²) in [5.74, 6) is -1.69. The van der Waals surface area contributed by atoms with E-state index in [4.69, 9.17) is 5.11 Å². The molecule has 0 radical (unpaired) electrons. The molecule has 0 bridgehead atoms. The Morgan fingerprint density at radius 2 is 1.54 bits per heavy atom. The molecule has 1 aliphatic heterocycles. The fourth-order valence-electron chi connectivity index (χ4n) is 3.29. The van der Waals surface area contributed by atoms with Crippen molar-refractivity contribution in [2.75, 3.05) is 44.2 Å². The number of nitrogens with zero attached hydrogens (tertiary/aromatic N) is 2. The average molecular weight is 515 g/mol. The molecule has 4 amide bonds. The number of thioether (sulfide) groups is 1. The molecule has 0 spiro atoms. The molecule has 1 rings (SSSR count). The first-order valence-electron chi connectivity index (χ1n) is 11.8. The van der Waals surface area contributed by atoms with Crippen molar-refractivity contribution < 1.29 is 33.9 Å². The maximum absolute atomic E-state index is 12.5. The zero-order chi connectivity index (χ0) is 26.4. The van der Waals surface area contributed by atoms with E-state index in [-0.39, 0.29) is 42.2 Å². The smallest absolute Gasteiger partial charge is 0.322 e. The molecule has 198 valence electrons. The molecule has 1 heterocycles. The highest BCUT2D eigenvalue weighted by atomic mass is 32.2. The number of hydrogen-bond donors (Lipinski definition) is 3. The summed E-state index contributed by atoms with van der Waals surface area (Å²) in [4.78, 5) is 73.7. The van der Waals surface area contributed by atoms with E-state index in [1.807, 2.05) is 0 Å². The topological polar surface area (TPSA) is 153 Å². The van der Waals surface area contributed by atoms with Crippen LogP contribution < -0.4 is 10.6 Å². The Hall–Kier alpha value is -2.63. The second-order valence-corrected chi connectivity index (χ2v) is 10.7. The minimum absolute atomic E-state index is 0.0202. The van der Waals surface area contributed by atoms with Gasteiger partial charge in [0.25, 0.3) is 0 Å². The molecule has 1 saturated heterocycles. The van der Waals surface area contributed by atoms with Gasteiger partial charge in [-0.3, -0.25) is 24.0 Å². The fraction of sp³-hybridized carbons (Fsp3) is 0.739. The van der Waals surface area contributed by atoms with Crippen LogP contribution in [-0.4, -0.2) is 101 Å². The minimum Gasteiger partial charge on any atom is -0.480 e. The second kappa shape index (κ2) is 15.4. The zero-order valence-electron chi connectivity index (χ0n) is 20.8.